The van der Waals surface area contributed by atoms with E-state index in [2.05, 4.69) is 34.3 Å². The van der Waals surface area contributed by atoms with Crippen molar-refractivity contribution in [3.8, 4) is 0 Å². The van der Waals surface area contributed by atoms with Gasteiger partial charge in [0.1, 0.15) is 6.33 Å². The Balaban J connectivity index is 2.31. The van der Waals surface area contributed by atoms with E-state index in [0.29, 0.717) is 5.92 Å². The van der Waals surface area contributed by atoms with Crippen LogP contribution in [0.2, 0.25) is 0 Å². The number of nitrogens with one attached hydrogen (secondary N) is 1. The number of hydrogen-bond acceptors (Lipinski definition) is 4. The third-order valence-corrected chi connectivity index (χ3v) is 1.42. The first-order chi connectivity index (χ1) is 6.29. The molecule has 0 atom stereocenters. The summed E-state index contributed by atoms with van der Waals surface area (Å²) in [6.07, 6.45) is 7.68. The largest absolute Gasteiger partial charge is 0.276 e. The van der Waals surface area contributed by atoms with Crippen LogP contribution in [0.1, 0.15) is 20.3 Å². The average Bonchev–Trinajstić information content (AvgIpc) is 2.14. The Morgan fingerprint density at radius 3 is 2.77 bits per heavy atom. The SMILES string of the molecule is CC(C)C/C=N/Nc1cncnc1. The van der Waals surface area contributed by atoms with Crippen molar-refractivity contribution in [1.29, 1.82) is 0 Å². The number of aromatic nitrogens is 2. The van der Waals surface area contributed by atoms with Crippen LogP contribution in [0.4, 0.5) is 5.69 Å². The maximum Gasteiger partial charge on any atom is 0.115 e. The fourth-order valence-corrected chi connectivity index (χ4v) is 0.741. The molecule has 0 fully saturated rings. The maximum atomic E-state index is 4.03. The van der Waals surface area contributed by atoms with Crippen LogP contribution >= 0.6 is 0 Å². The molecular weight excluding hydrogens is 164 g/mol. The van der Waals surface area contributed by atoms with E-state index in [9.17, 15) is 0 Å². The quantitative estimate of drug-likeness (QED) is 0.566. The first-order valence-corrected chi connectivity index (χ1v) is 4.31. The fourth-order valence-electron chi connectivity index (χ4n) is 0.741. The molecule has 13 heavy (non-hydrogen) atoms. The fraction of sp³-hybridized carbons (Fsp3) is 0.444. The van der Waals surface area contributed by atoms with Gasteiger partial charge in [-0.3, -0.25) is 5.43 Å². The van der Waals surface area contributed by atoms with Gasteiger partial charge >= 0.3 is 0 Å². The van der Waals surface area contributed by atoms with Crippen LogP contribution in [0.15, 0.2) is 23.8 Å². The second-order valence-corrected chi connectivity index (χ2v) is 3.18. The maximum absolute atomic E-state index is 4.03. The van der Waals surface area contributed by atoms with Crippen LogP contribution in [0, 0.1) is 5.92 Å². The average molecular weight is 178 g/mol. The summed E-state index contributed by atoms with van der Waals surface area (Å²) in [5.41, 5.74) is 3.65. The summed E-state index contributed by atoms with van der Waals surface area (Å²) in [6, 6.07) is 0. The summed E-state index contributed by atoms with van der Waals surface area (Å²) >= 11 is 0. The number of nitrogens with zero attached hydrogens (tertiary/aromatic N) is 3. The topological polar surface area (TPSA) is 50.2 Å². The van der Waals surface area contributed by atoms with E-state index in [-0.39, 0.29) is 0 Å². The summed E-state index contributed by atoms with van der Waals surface area (Å²) in [7, 11) is 0. The Kier molecular flexibility index (Phi) is 3.88. The molecule has 1 rings (SSSR count). The summed E-state index contributed by atoms with van der Waals surface area (Å²) in [5.74, 6) is 0.637. The predicted molar refractivity (Wildman–Crippen MR) is 53.6 cm³/mol. The highest BCUT2D eigenvalue weighted by molar-refractivity contribution is 5.59. The molecule has 0 unspecified atom stereocenters. The molecule has 0 saturated heterocycles. The monoisotopic (exact) mass is 178 g/mol. The molecule has 0 aromatic carbocycles. The second-order valence-electron chi connectivity index (χ2n) is 3.18. The first kappa shape index (κ1) is 9.64. The van der Waals surface area contributed by atoms with Crippen LogP contribution in [0.25, 0.3) is 0 Å². The molecule has 4 nitrogen and oxygen atoms in total. The molecule has 0 spiro atoms. The normalized spacial score (nSPS) is 11.0. The molecule has 0 saturated carbocycles. The van der Waals surface area contributed by atoms with Gasteiger partial charge in [0.05, 0.1) is 18.1 Å². The van der Waals surface area contributed by atoms with Crippen LogP contribution in [0.5, 0.6) is 0 Å². The minimum Gasteiger partial charge on any atom is -0.276 e. The number of hydrogen-bond donors (Lipinski definition) is 1. The zero-order valence-corrected chi connectivity index (χ0v) is 7.94. The number of rotatable bonds is 4. The minimum atomic E-state index is 0.637. The third kappa shape index (κ3) is 4.20. The Morgan fingerprint density at radius 1 is 1.46 bits per heavy atom. The van der Waals surface area contributed by atoms with E-state index in [1.54, 1.807) is 12.4 Å². The Bertz CT molecular complexity index is 256. The zero-order valence-electron chi connectivity index (χ0n) is 7.94. The molecule has 0 bridgehead atoms. The standard InChI is InChI=1S/C9H14N4/c1-8(2)3-4-12-13-9-5-10-7-11-6-9/h4-8,13H,3H2,1-2H3/b12-4+. The molecule has 0 amide bonds. The molecule has 0 aliphatic rings. The summed E-state index contributed by atoms with van der Waals surface area (Å²) < 4.78 is 0. The van der Waals surface area contributed by atoms with Gasteiger partial charge in [0.25, 0.3) is 0 Å². The van der Waals surface area contributed by atoms with Crippen LogP contribution < -0.4 is 5.43 Å². The molecular formula is C9H14N4. The van der Waals surface area contributed by atoms with E-state index in [0.717, 1.165) is 12.1 Å². The smallest absolute Gasteiger partial charge is 0.115 e. The van der Waals surface area contributed by atoms with Crippen LogP contribution in [-0.2, 0) is 0 Å². The van der Waals surface area contributed by atoms with E-state index in [4.69, 9.17) is 0 Å². The van der Waals surface area contributed by atoms with Gasteiger partial charge in [-0.1, -0.05) is 13.8 Å². The highest BCUT2D eigenvalue weighted by Gasteiger charge is 1.89. The summed E-state index contributed by atoms with van der Waals surface area (Å²) in [5, 5.41) is 4.03. The molecule has 0 aliphatic heterocycles. The van der Waals surface area contributed by atoms with Crippen molar-refractivity contribution in [3.63, 3.8) is 0 Å². The van der Waals surface area contributed by atoms with Crippen molar-refractivity contribution in [2.24, 2.45) is 11.0 Å². The lowest BCUT2D eigenvalue weighted by atomic mass is 10.2. The predicted octanol–water partition coefficient (Wildman–Crippen LogP) is 1.92. The molecule has 4 heteroatoms. The molecule has 1 heterocycles. The zero-order chi connectivity index (χ0) is 9.52. The molecule has 1 aromatic rings. The third-order valence-electron chi connectivity index (χ3n) is 1.42. The van der Waals surface area contributed by atoms with Gasteiger partial charge < -0.3 is 0 Å². The van der Waals surface area contributed by atoms with Gasteiger partial charge in [0.15, 0.2) is 0 Å². The number of hydrazone groups is 1. The van der Waals surface area contributed by atoms with Crippen molar-refractivity contribution in [2.45, 2.75) is 20.3 Å². The highest BCUT2D eigenvalue weighted by atomic mass is 15.3. The number of anilines is 1. The Morgan fingerprint density at radius 2 is 2.15 bits per heavy atom. The molecule has 0 aliphatic carbocycles. The summed E-state index contributed by atoms with van der Waals surface area (Å²) in [4.78, 5) is 7.70. The molecule has 0 radical (unpaired) electrons. The molecule has 1 aromatic heterocycles. The van der Waals surface area contributed by atoms with Crippen LogP contribution in [0.3, 0.4) is 0 Å². The lowest BCUT2D eigenvalue weighted by Crippen LogP contribution is -1.93. The van der Waals surface area contributed by atoms with Gasteiger partial charge in [0, 0.05) is 6.21 Å². The van der Waals surface area contributed by atoms with Gasteiger partial charge in [-0.05, 0) is 12.3 Å². The van der Waals surface area contributed by atoms with Crippen molar-refractivity contribution in [1.82, 2.24) is 9.97 Å². The van der Waals surface area contributed by atoms with E-state index < -0.39 is 0 Å². The Hall–Kier alpha value is -1.45. The van der Waals surface area contributed by atoms with Crippen molar-refractivity contribution < 1.29 is 0 Å². The highest BCUT2D eigenvalue weighted by Crippen LogP contribution is 2.00. The van der Waals surface area contributed by atoms with Crippen molar-refractivity contribution in [3.05, 3.63) is 18.7 Å². The van der Waals surface area contributed by atoms with Crippen molar-refractivity contribution >= 4 is 11.9 Å². The van der Waals surface area contributed by atoms with Gasteiger partial charge in [0.2, 0.25) is 0 Å². The minimum absolute atomic E-state index is 0.637. The van der Waals surface area contributed by atoms with E-state index >= 15 is 0 Å². The molecule has 70 valence electrons. The second kappa shape index (κ2) is 5.24. The first-order valence-electron chi connectivity index (χ1n) is 4.31. The Labute approximate surface area is 78.1 Å². The van der Waals surface area contributed by atoms with Crippen LogP contribution in [-0.4, -0.2) is 16.2 Å². The van der Waals surface area contributed by atoms with Gasteiger partial charge in [-0.25, -0.2) is 9.97 Å². The van der Waals surface area contributed by atoms with E-state index in [1.165, 1.54) is 6.33 Å². The summed E-state index contributed by atoms with van der Waals surface area (Å²) in [6.45, 7) is 4.30. The van der Waals surface area contributed by atoms with Gasteiger partial charge in [-0.2, -0.15) is 5.10 Å². The van der Waals surface area contributed by atoms with Gasteiger partial charge in [-0.15, -0.1) is 0 Å². The van der Waals surface area contributed by atoms with Crippen molar-refractivity contribution in [2.75, 3.05) is 5.43 Å². The lowest BCUT2D eigenvalue weighted by Gasteiger charge is -1.98. The van der Waals surface area contributed by atoms with E-state index in [1.807, 2.05) is 6.21 Å². The molecule has 1 N–H and O–H groups in total. The lowest BCUT2D eigenvalue weighted by molar-refractivity contribution is 0.690.